The van der Waals surface area contributed by atoms with E-state index in [1.54, 1.807) is 6.07 Å². The molecule has 0 aliphatic heterocycles. The van der Waals surface area contributed by atoms with Crippen LogP contribution in [0.5, 0.6) is 0 Å². The third-order valence-electron chi connectivity index (χ3n) is 2.23. The van der Waals surface area contributed by atoms with Gasteiger partial charge in [0.05, 0.1) is 0 Å². The second kappa shape index (κ2) is 7.76. The van der Waals surface area contributed by atoms with Crippen LogP contribution in [0.2, 0.25) is 0 Å². The Kier molecular flexibility index (Phi) is 6.61. The predicted octanol–water partition coefficient (Wildman–Crippen LogP) is 2.68. The maximum Gasteiger partial charge on any atom is 0.127 e. The van der Waals surface area contributed by atoms with Crippen LogP contribution in [0.3, 0.4) is 0 Å². The summed E-state index contributed by atoms with van der Waals surface area (Å²) in [5, 5.41) is 6.49. The molecule has 90 valence electrons. The van der Waals surface area contributed by atoms with Crippen molar-refractivity contribution in [1.29, 1.82) is 0 Å². The second-order valence-corrected chi connectivity index (χ2v) is 4.58. The second-order valence-electron chi connectivity index (χ2n) is 3.66. The lowest BCUT2D eigenvalue weighted by Crippen LogP contribution is -2.27. The first kappa shape index (κ1) is 13.6. The number of nitrogens with one attached hydrogen (secondary N) is 2. The Bertz CT molecular complexity index is 318. The molecule has 1 aromatic rings. The normalized spacial score (nSPS) is 10.7. The summed E-state index contributed by atoms with van der Waals surface area (Å²) in [5.41, 5.74) is 0.699. The molecule has 0 unspecified atom stereocenters. The van der Waals surface area contributed by atoms with Gasteiger partial charge in [0.15, 0.2) is 0 Å². The van der Waals surface area contributed by atoms with Gasteiger partial charge >= 0.3 is 0 Å². The fourth-order valence-electron chi connectivity index (χ4n) is 1.38. The Balaban J connectivity index is 2.23. The molecular formula is C12H18BrFN2. The zero-order chi connectivity index (χ0) is 11.8. The van der Waals surface area contributed by atoms with Crippen molar-refractivity contribution in [1.82, 2.24) is 10.6 Å². The van der Waals surface area contributed by atoms with Gasteiger partial charge in [-0.1, -0.05) is 22.9 Å². The molecule has 0 aliphatic rings. The highest BCUT2D eigenvalue weighted by molar-refractivity contribution is 9.10. The van der Waals surface area contributed by atoms with Gasteiger partial charge in [0, 0.05) is 29.7 Å². The van der Waals surface area contributed by atoms with Crippen LogP contribution in [-0.4, -0.2) is 19.6 Å². The summed E-state index contributed by atoms with van der Waals surface area (Å²) in [6, 6.07) is 5.00. The first-order valence-electron chi connectivity index (χ1n) is 5.59. The van der Waals surface area contributed by atoms with E-state index >= 15 is 0 Å². The third-order valence-corrected chi connectivity index (χ3v) is 2.72. The van der Waals surface area contributed by atoms with Gasteiger partial charge in [-0.25, -0.2) is 4.39 Å². The minimum absolute atomic E-state index is 0.155. The van der Waals surface area contributed by atoms with E-state index in [-0.39, 0.29) is 5.82 Å². The van der Waals surface area contributed by atoms with Gasteiger partial charge in [0.1, 0.15) is 5.82 Å². The zero-order valence-electron chi connectivity index (χ0n) is 9.52. The van der Waals surface area contributed by atoms with Crippen LogP contribution < -0.4 is 10.6 Å². The minimum atomic E-state index is -0.155. The Morgan fingerprint density at radius 2 is 1.94 bits per heavy atom. The van der Waals surface area contributed by atoms with Crippen LogP contribution >= 0.6 is 15.9 Å². The molecule has 0 aromatic heterocycles. The van der Waals surface area contributed by atoms with E-state index in [9.17, 15) is 4.39 Å². The monoisotopic (exact) mass is 288 g/mol. The smallest absolute Gasteiger partial charge is 0.127 e. The molecule has 2 N–H and O–H groups in total. The van der Waals surface area contributed by atoms with Gasteiger partial charge in [0.2, 0.25) is 0 Å². The highest BCUT2D eigenvalue weighted by atomic mass is 79.9. The van der Waals surface area contributed by atoms with Gasteiger partial charge in [-0.05, 0) is 31.2 Å². The van der Waals surface area contributed by atoms with E-state index in [0.29, 0.717) is 12.1 Å². The number of rotatable bonds is 7. The van der Waals surface area contributed by atoms with E-state index in [0.717, 1.165) is 30.5 Å². The average molecular weight is 289 g/mol. The first-order valence-corrected chi connectivity index (χ1v) is 6.38. The molecule has 0 amide bonds. The van der Waals surface area contributed by atoms with Crippen molar-refractivity contribution in [2.45, 2.75) is 19.9 Å². The van der Waals surface area contributed by atoms with E-state index in [1.165, 1.54) is 6.07 Å². The van der Waals surface area contributed by atoms with E-state index < -0.39 is 0 Å². The van der Waals surface area contributed by atoms with Crippen LogP contribution in [-0.2, 0) is 6.54 Å². The molecule has 0 aliphatic carbocycles. The molecule has 0 radical (unpaired) electrons. The van der Waals surface area contributed by atoms with Crippen molar-refractivity contribution in [2.24, 2.45) is 0 Å². The molecule has 0 bridgehead atoms. The van der Waals surface area contributed by atoms with Crippen molar-refractivity contribution in [2.75, 3.05) is 19.6 Å². The van der Waals surface area contributed by atoms with Gasteiger partial charge in [-0.2, -0.15) is 0 Å². The zero-order valence-corrected chi connectivity index (χ0v) is 11.1. The van der Waals surface area contributed by atoms with E-state index in [2.05, 4.69) is 33.5 Å². The van der Waals surface area contributed by atoms with Crippen LogP contribution in [0.15, 0.2) is 22.7 Å². The highest BCUT2D eigenvalue weighted by Crippen LogP contribution is 2.15. The summed E-state index contributed by atoms with van der Waals surface area (Å²) >= 11 is 3.33. The fourth-order valence-corrected chi connectivity index (χ4v) is 1.79. The third kappa shape index (κ3) is 5.05. The van der Waals surface area contributed by atoms with E-state index in [1.807, 2.05) is 6.07 Å². The number of hydrogen-bond acceptors (Lipinski definition) is 2. The van der Waals surface area contributed by atoms with Gasteiger partial charge < -0.3 is 10.6 Å². The molecule has 0 saturated carbocycles. The van der Waals surface area contributed by atoms with Gasteiger partial charge in [-0.3, -0.25) is 0 Å². The van der Waals surface area contributed by atoms with Crippen LogP contribution in [0.1, 0.15) is 18.9 Å². The number of halogens is 2. The molecule has 16 heavy (non-hydrogen) atoms. The molecule has 0 saturated heterocycles. The van der Waals surface area contributed by atoms with Crippen LogP contribution in [0.25, 0.3) is 0 Å². The summed E-state index contributed by atoms with van der Waals surface area (Å²) in [6.07, 6.45) is 1.14. The predicted molar refractivity (Wildman–Crippen MR) is 69.0 cm³/mol. The SMILES string of the molecule is CCCNCCNCc1cc(Br)ccc1F. The molecule has 0 spiro atoms. The topological polar surface area (TPSA) is 24.1 Å². The summed E-state index contributed by atoms with van der Waals surface area (Å²) in [7, 11) is 0. The molecule has 4 heteroatoms. The van der Waals surface area contributed by atoms with Crippen LogP contribution in [0.4, 0.5) is 4.39 Å². The Morgan fingerprint density at radius 1 is 1.19 bits per heavy atom. The first-order chi connectivity index (χ1) is 7.74. The molecule has 1 aromatic carbocycles. The maximum atomic E-state index is 13.3. The van der Waals surface area contributed by atoms with E-state index in [4.69, 9.17) is 0 Å². The summed E-state index contributed by atoms with van der Waals surface area (Å²) < 4.78 is 14.2. The van der Waals surface area contributed by atoms with Gasteiger partial charge in [-0.15, -0.1) is 0 Å². The van der Waals surface area contributed by atoms with Crippen molar-refractivity contribution >= 4 is 15.9 Å². The number of hydrogen-bond donors (Lipinski definition) is 2. The largest absolute Gasteiger partial charge is 0.315 e. The van der Waals surface area contributed by atoms with Crippen molar-refractivity contribution in [3.05, 3.63) is 34.1 Å². The Hall–Kier alpha value is -0.450. The summed E-state index contributed by atoms with van der Waals surface area (Å²) in [6.45, 7) is 5.51. The lowest BCUT2D eigenvalue weighted by molar-refractivity contribution is 0.572. The molecule has 0 fully saturated rings. The standard InChI is InChI=1S/C12H18BrFN2/c1-2-5-15-6-7-16-9-10-8-11(13)3-4-12(10)14/h3-4,8,15-16H,2,5-7,9H2,1H3. The van der Waals surface area contributed by atoms with Crippen molar-refractivity contribution in [3.8, 4) is 0 Å². The molecule has 0 heterocycles. The Morgan fingerprint density at radius 3 is 2.69 bits per heavy atom. The van der Waals surface area contributed by atoms with Crippen molar-refractivity contribution < 1.29 is 4.39 Å². The van der Waals surface area contributed by atoms with Crippen molar-refractivity contribution in [3.63, 3.8) is 0 Å². The molecule has 1 rings (SSSR count). The molecule has 0 atom stereocenters. The summed E-state index contributed by atoms with van der Waals surface area (Å²) in [5.74, 6) is -0.155. The highest BCUT2D eigenvalue weighted by Gasteiger charge is 2.01. The lowest BCUT2D eigenvalue weighted by Gasteiger charge is -2.07. The van der Waals surface area contributed by atoms with Gasteiger partial charge in [0.25, 0.3) is 0 Å². The molecular weight excluding hydrogens is 271 g/mol. The summed E-state index contributed by atoms with van der Waals surface area (Å²) in [4.78, 5) is 0. The lowest BCUT2D eigenvalue weighted by atomic mass is 10.2. The molecule has 2 nitrogen and oxygen atoms in total. The average Bonchev–Trinajstić information content (AvgIpc) is 2.28. The van der Waals surface area contributed by atoms with Crippen LogP contribution in [0, 0.1) is 5.82 Å². The quantitative estimate of drug-likeness (QED) is 0.754. The minimum Gasteiger partial charge on any atom is -0.315 e. The Labute approximate surface area is 105 Å². The maximum absolute atomic E-state index is 13.3. The number of benzene rings is 1. The fraction of sp³-hybridized carbons (Fsp3) is 0.500.